The highest BCUT2D eigenvalue weighted by Gasteiger charge is 2.23. The fourth-order valence-corrected chi connectivity index (χ4v) is 2.49. The van der Waals surface area contributed by atoms with Gasteiger partial charge in [-0.2, -0.15) is 0 Å². The van der Waals surface area contributed by atoms with Gasteiger partial charge in [-0.05, 0) is 36.4 Å². The van der Waals surface area contributed by atoms with E-state index in [0.717, 1.165) is 32.0 Å². The highest BCUT2D eigenvalue weighted by molar-refractivity contribution is 5.44. The molecule has 0 amide bonds. The van der Waals surface area contributed by atoms with Crippen LogP contribution in [0.3, 0.4) is 0 Å². The van der Waals surface area contributed by atoms with Crippen molar-refractivity contribution < 1.29 is 5.11 Å². The van der Waals surface area contributed by atoms with E-state index < -0.39 is 5.60 Å². The second-order valence-electron chi connectivity index (χ2n) is 5.79. The maximum atomic E-state index is 9.85. The van der Waals surface area contributed by atoms with E-state index >= 15 is 0 Å². The molecule has 0 saturated carbocycles. The smallest absolute Gasteiger partial charge is 0.200 e. The fraction of sp³-hybridized carbons (Fsp3) is 0.667. The Bertz CT molecular complexity index is 583. The van der Waals surface area contributed by atoms with Crippen molar-refractivity contribution in [2.45, 2.75) is 19.4 Å². The van der Waals surface area contributed by atoms with Crippen LogP contribution in [-0.4, -0.2) is 73.6 Å². The zero-order valence-corrected chi connectivity index (χ0v) is 11.8. The topological polar surface area (TPSA) is 82.7 Å². The molecule has 1 saturated heterocycles. The minimum atomic E-state index is -0.647. The van der Waals surface area contributed by atoms with Crippen LogP contribution in [0.15, 0.2) is 12.1 Å². The number of aromatic nitrogens is 5. The molecular weight excluding hydrogens is 258 g/mol. The van der Waals surface area contributed by atoms with Crippen molar-refractivity contribution in [1.82, 2.24) is 30.2 Å². The van der Waals surface area contributed by atoms with E-state index in [2.05, 4.69) is 30.4 Å². The second kappa shape index (κ2) is 4.95. The first kappa shape index (κ1) is 13.2. The molecule has 3 rings (SSSR count). The van der Waals surface area contributed by atoms with Crippen LogP contribution < -0.4 is 4.90 Å². The standard InChI is InChI=1S/C12H19N7O/c1-12(2,20)9-17-5-7-18(8-6-17)11-4-3-10-13-15-16-19(10)14-11/h3-4,20H,5-9H2,1-2H3. The molecule has 1 fully saturated rings. The van der Waals surface area contributed by atoms with Crippen molar-refractivity contribution in [2.24, 2.45) is 0 Å². The van der Waals surface area contributed by atoms with Gasteiger partial charge in [-0.1, -0.05) is 0 Å². The summed E-state index contributed by atoms with van der Waals surface area (Å²) < 4.78 is 1.44. The minimum absolute atomic E-state index is 0.647. The zero-order chi connectivity index (χ0) is 14.2. The van der Waals surface area contributed by atoms with Gasteiger partial charge in [0.05, 0.1) is 5.60 Å². The summed E-state index contributed by atoms with van der Waals surface area (Å²) in [4.78, 5) is 4.48. The zero-order valence-electron chi connectivity index (χ0n) is 11.8. The molecule has 1 aliphatic heterocycles. The largest absolute Gasteiger partial charge is 0.389 e. The average Bonchev–Trinajstić information content (AvgIpc) is 2.85. The van der Waals surface area contributed by atoms with Crippen molar-refractivity contribution in [3.05, 3.63) is 12.1 Å². The summed E-state index contributed by atoms with van der Waals surface area (Å²) in [5.41, 5.74) is 0.000514. The van der Waals surface area contributed by atoms with Crippen molar-refractivity contribution in [2.75, 3.05) is 37.6 Å². The van der Waals surface area contributed by atoms with Gasteiger partial charge in [-0.3, -0.25) is 4.90 Å². The van der Waals surface area contributed by atoms with Crippen molar-refractivity contribution in [3.63, 3.8) is 0 Å². The monoisotopic (exact) mass is 277 g/mol. The lowest BCUT2D eigenvalue weighted by Gasteiger charge is -2.37. The molecule has 0 atom stereocenters. The third-order valence-corrected chi connectivity index (χ3v) is 3.36. The Kier molecular flexibility index (Phi) is 3.27. The Morgan fingerprint density at radius 2 is 1.95 bits per heavy atom. The fourth-order valence-electron chi connectivity index (χ4n) is 2.49. The molecule has 0 aliphatic carbocycles. The van der Waals surface area contributed by atoms with E-state index in [0.29, 0.717) is 12.2 Å². The van der Waals surface area contributed by atoms with Gasteiger partial charge in [-0.25, -0.2) is 0 Å². The first-order valence-corrected chi connectivity index (χ1v) is 6.76. The van der Waals surface area contributed by atoms with Crippen LogP contribution in [0.25, 0.3) is 5.65 Å². The lowest BCUT2D eigenvalue weighted by atomic mass is 10.1. The summed E-state index contributed by atoms with van der Waals surface area (Å²) in [6.45, 7) is 7.98. The lowest BCUT2D eigenvalue weighted by molar-refractivity contribution is 0.0344. The first-order valence-electron chi connectivity index (χ1n) is 6.76. The van der Waals surface area contributed by atoms with Crippen LogP contribution in [0.4, 0.5) is 5.82 Å². The molecule has 2 aromatic rings. The SMILES string of the molecule is CC(C)(O)CN1CCN(c2ccc3nnnn3n2)CC1. The van der Waals surface area contributed by atoms with Crippen LogP contribution in [0.5, 0.6) is 0 Å². The van der Waals surface area contributed by atoms with Crippen molar-refractivity contribution in [3.8, 4) is 0 Å². The van der Waals surface area contributed by atoms with E-state index in [4.69, 9.17) is 0 Å². The van der Waals surface area contributed by atoms with Gasteiger partial charge < -0.3 is 10.0 Å². The molecule has 0 aromatic carbocycles. The van der Waals surface area contributed by atoms with E-state index in [1.807, 2.05) is 26.0 Å². The third-order valence-electron chi connectivity index (χ3n) is 3.36. The molecule has 0 bridgehead atoms. The maximum Gasteiger partial charge on any atom is 0.200 e. The summed E-state index contributed by atoms with van der Waals surface area (Å²) in [5, 5.41) is 25.5. The summed E-state index contributed by atoms with van der Waals surface area (Å²) in [5.74, 6) is 0.882. The van der Waals surface area contributed by atoms with E-state index in [1.165, 1.54) is 4.63 Å². The second-order valence-corrected chi connectivity index (χ2v) is 5.79. The van der Waals surface area contributed by atoms with Gasteiger partial charge in [0.25, 0.3) is 0 Å². The molecule has 0 unspecified atom stereocenters. The molecule has 0 spiro atoms. The Morgan fingerprint density at radius 3 is 2.65 bits per heavy atom. The Labute approximate surface area is 117 Å². The summed E-state index contributed by atoms with van der Waals surface area (Å²) in [6.07, 6.45) is 0. The summed E-state index contributed by atoms with van der Waals surface area (Å²) in [6, 6.07) is 3.81. The highest BCUT2D eigenvalue weighted by atomic mass is 16.3. The van der Waals surface area contributed by atoms with Gasteiger partial charge >= 0.3 is 0 Å². The summed E-state index contributed by atoms with van der Waals surface area (Å²) in [7, 11) is 0. The van der Waals surface area contributed by atoms with Gasteiger partial charge in [-0.15, -0.1) is 14.8 Å². The summed E-state index contributed by atoms with van der Waals surface area (Å²) >= 11 is 0. The van der Waals surface area contributed by atoms with Crippen molar-refractivity contribution in [1.29, 1.82) is 0 Å². The van der Waals surface area contributed by atoms with Gasteiger partial charge in [0.1, 0.15) is 0 Å². The molecule has 2 aromatic heterocycles. The number of nitrogens with zero attached hydrogens (tertiary/aromatic N) is 7. The number of rotatable bonds is 3. The molecule has 20 heavy (non-hydrogen) atoms. The normalized spacial score (nSPS) is 17.9. The van der Waals surface area contributed by atoms with E-state index in [1.54, 1.807) is 0 Å². The van der Waals surface area contributed by atoms with Crippen LogP contribution in [0.2, 0.25) is 0 Å². The predicted octanol–water partition coefficient (Wildman–Crippen LogP) is -0.588. The van der Waals surface area contributed by atoms with Gasteiger partial charge in [0, 0.05) is 32.7 Å². The third kappa shape index (κ3) is 2.86. The van der Waals surface area contributed by atoms with Crippen LogP contribution in [0.1, 0.15) is 13.8 Å². The number of anilines is 1. The van der Waals surface area contributed by atoms with E-state index in [9.17, 15) is 5.11 Å². The molecule has 0 radical (unpaired) electrons. The molecule has 8 heteroatoms. The molecular formula is C12H19N7O. The Morgan fingerprint density at radius 1 is 1.20 bits per heavy atom. The number of tetrazole rings is 1. The van der Waals surface area contributed by atoms with Crippen LogP contribution in [0, 0.1) is 0 Å². The lowest BCUT2D eigenvalue weighted by Crippen LogP contribution is -2.50. The Hall–Kier alpha value is -1.80. The molecule has 108 valence electrons. The average molecular weight is 277 g/mol. The number of aliphatic hydroxyl groups is 1. The number of hydrogen-bond donors (Lipinski definition) is 1. The number of β-amino-alcohol motifs (C(OH)–C–C–N with tert-alkyl or cyclic N) is 1. The van der Waals surface area contributed by atoms with Crippen LogP contribution >= 0.6 is 0 Å². The number of fused-ring (bicyclic) bond motifs is 1. The van der Waals surface area contributed by atoms with Crippen LogP contribution in [-0.2, 0) is 0 Å². The molecule has 3 heterocycles. The van der Waals surface area contributed by atoms with E-state index in [-0.39, 0.29) is 0 Å². The maximum absolute atomic E-state index is 9.85. The highest BCUT2D eigenvalue weighted by Crippen LogP contribution is 2.15. The van der Waals surface area contributed by atoms with Gasteiger partial charge in [0.2, 0.25) is 0 Å². The molecule has 8 nitrogen and oxygen atoms in total. The van der Waals surface area contributed by atoms with Crippen molar-refractivity contribution >= 4 is 11.5 Å². The number of piperazine rings is 1. The Balaban J connectivity index is 1.65. The number of hydrogen-bond acceptors (Lipinski definition) is 7. The first-order chi connectivity index (χ1) is 9.51. The van der Waals surface area contributed by atoms with Gasteiger partial charge in [0.15, 0.2) is 11.5 Å². The molecule has 1 aliphatic rings. The molecule has 1 N–H and O–H groups in total. The quantitative estimate of drug-likeness (QED) is 0.803. The predicted molar refractivity (Wildman–Crippen MR) is 73.5 cm³/mol. The minimum Gasteiger partial charge on any atom is -0.389 e.